The Balaban J connectivity index is 1.64. The summed E-state index contributed by atoms with van der Waals surface area (Å²) in [5.41, 5.74) is 6.65. The lowest BCUT2D eigenvalue weighted by Gasteiger charge is -2.27. The number of nitrogens with zero attached hydrogens (tertiary/aromatic N) is 1. The van der Waals surface area contributed by atoms with E-state index >= 15 is 0 Å². The summed E-state index contributed by atoms with van der Waals surface area (Å²) in [6.07, 6.45) is 16.8. The molecule has 0 N–H and O–H groups in total. The molecule has 1 nitrogen and oxygen atoms in total. The molecule has 0 saturated heterocycles. The summed E-state index contributed by atoms with van der Waals surface area (Å²) < 4.78 is 13.6. The second-order valence-corrected chi connectivity index (χ2v) is 8.60. The summed E-state index contributed by atoms with van der Waals surface area (Å²) >= 11 is 0. The van der Waals surface area contributed by atoms with E-state index in [1.54, 1.807) is 12.1 Å². The summed E-state index contributed by atoms with van der Waals surface area (Å²) in [4.78, 5) is 2.27. The fourth-order valence-corrected chi connectivity index (χ4v) is 5.34. The van der Waals surface area contributed by atoms with Gasteiger partial charge in [-0.1, -0.05) is 60.7 Å². The van der Waals surface area contributed by atoms with Gasteiger partial charge in [-0.15, -0.1) is 0 Å². The predicted molar refractivity (Wildman–Crippen MR) is 128 cm³/mol. The van der Waals surface area contributed by atoms with Crippen molar-refractivity contribution in [1.29, 1.82) is 0 Å². The standard InChI is InChI=1S/C30H24FN/c31-22-14-12-21(13-15-22)28-20-29-25-10-7-11-30(32-18-5-1-2-6-19-32)27(25)17-16-26(29)23-8-3-4-9-24(23)28/h1-6,8-9,12-19H,7,10-11,20H2. The first-order valence-corrected chi connectivity index (χ1v) is 11.3. The van der Waals surface area contributed by atoms with Crippen molar-refractivity contribution in [2.24, 2.45) is 0 Å². The molecular weight excluding hydrogens is 393 g/mol. The van der Waals surface area contributed by atoms with Gasteiger partial charge in [0, 0.05) is 18.1 Å². The van der Waals surface area contributed by atoms with E-state index < -0.39 is 0 Å². The molecule has 0 spiro atoms. The molecule has 2 heteroatoms. The lowest BCUT2D eigenvalue weighted by molar-refractivity contribution is 0.627. The van der Waals surface area contributed by atoms with Crippen molar-refractivity contribution in [3.8, 4) is 0 Å². The Morgan fingerprint density at radius 1 is 0.625 bits per heavy atom. The zero-order valence-corrected chi connectivity index (χ0v) is 17.9. The quantitative estimate of drug-likeness (QED) is 0.553. The van der Waals surface area contributed by atoms with Gasteiger partial charge >= 0.3 is 0 Å². The summed E-state index contributed by atoms with van der Waals surface area (Å²) in [5.74, 6) is -0.191. The van der Waals surface area contributed by atoms with Crippen molar-refractivity contribution in [2.45, 2.75) is 25.7 Å². The van der Waals surface area contributed by atoms with Crippen LogP contribution in [0.3, 0.4) is 0 Å². The molecule has 6 rings (SSSR count). The molecule has 32 heavy (non-hydrogen) atoms. The molecule has 0 bridgehead atoms. The average Bonchev–Trinajstić information content (AvgIpc) is 3.13. The zero-order chi connectivity index (χ0) is 21.5. The molecule has 0 fully saturated rings. The van der Waals surface area contributed by atoms with Crippen molar-refractivity contribution < 1.29 is 4.39 Å². The number of rotatable bonds is 2. The third-order valence-electron chi connectivity index (χ3n) is 6.81. The number of hydrogen-bond acceptors (Lipinski definition) is 1. The van der Waals surface area contributed by atoms with Crippen LogP contribution in [0.5, 0.6) is 0 Å². The lowest BCUT2D eigenvalue weighted by Crippen LogP contribution is -2.28. The largest absolute Gasteiger partial charge is 0.327 e. The maximum absolute atomic E-state index is 13.6. The number of benzene rings is 3. The van der Waals surface area contributed by atoms with Crippen molar-refractivity contribution in [1.82, 2.24) is 4.90 Å². The summed E-state index contributed by atoms with van der Waals surface area (Å²) in [5, 5.41) is 5.25. The first kappa shape index (κ1) is 19.1. The van der Waals surface area contributed by atoms with Crippen LogP contribution in [0.1, 0.15) is 29.5 Å². The van der Waals surface area contributed by atoms with Gasteiger partial charge in [-0.05, 0) is 93.1 Å². The summed E-state index contributed by atoms with van der Waals surface area (Å²) in [6, 6.07) is 20.2. The van der Waals surface area contributed by atoms with Gasteiger partial charge in [0.1, 0.15) is 5.82 Å². The van der Waals surface area contributed by atoms with Crippen molar-refractivity contribution in [3.05, 3.63) is 141 Å². The molecule has 0 atom stereocenters. The highest BCUT2D eigenvalue weighted by Crippen LogP contribution is 2.28. The van der Waals surface area contributed by atoms with Gasteiger partial charge in [-0.3, -0.25) is 0 Å². The van der Waals surface area contributed by atoms with Crippen molar-refractivity contribution in [2.75, 3.05) is 0 Å². The molecule has 0 aromatic heterocycles. The van der Waals surface area contributed by atoms with Gasteiger partial charge in [0.2, 0.25) is 0 Å². The van der Waals surface area contributed by atoms with E-state index in [1.165, 1.54) is 43.3 Å². The predicted octanol–water partition coefficient (Wildman–Crippen LogP) is 5.21. The molecule has 3 aromatic carbocycles. The number of halogens is 1. The molecule has 1 aliphatic heterocycles. The van der Waals surface area contributed by atoms with Crippen LogP contribution in [-0.4, -0.2) is 4.90 Å². The van der Waals surface area contributed by atoms with Gasteiger partial charge in [-0.25, -0.2) is 4.39 Å². The van der Waals surface area contributed by atoms with Gasteiger partial charge in [-0.2, -0.15) is 0 Å². The Morgan fingerprint density at radius 3 is 2.12 bits per heavy atom. The highest BCUT2D eigenvalue weighted by molar-refractivity contribution is 5.70. The third-order valence-corrected chi connectivity index (χ3v) is 6.81. The molecule has 3 aliphatic rings. The number of allylic oxidation sites excluding steroid dienone is 4. The van der Waals surface area contributed by atoms with Crippen molar-refractivity contribution >= 4 is 11.3 Å². The smallest absolute Gasteiger partial charge is 0.123 e. The van der Waals surface area contributed by atoms with Crippen LogP contribution in [0.2, 0.25) is 0 Å². The summed E-state index contributed by atoms with van der Waals surface area (Å²) in [7, 11) is 0. The minimum atomic E-state index is -0.191. The van der Waals surface area contributed by atoms with Crippen LogP contribution in [0.25, 0.3) is 11.3 Å². The van der Waals surface area contributed by atoms with Crippen LogP contribution in [-0.2, 0) is 12.8 Å². The molecule has 0 amide bonds. The maximum atomic E-state index is 13.6. The first-order chi connectivity index (χ1) is 15.8. The molecular formula is C30H24FN. The van der Waals surface area contributed by atoms with Crippen LogP contribution in [0.4, 0.5) is 4.39 Å². The zero-order valence-electron chi connectivity index (χ0n) is 17.9. The number of fused-ring (bicyclic) bond motifs is 4. The minimum absolute atomic E-state index is 0.191. The van der Waals surface area contributed by atoms with Crippen LogP contribution in [0.15, 0.2) is 97.4 Å². The molecule has 0 unspecified atom stereocenters. The Bertz CT molecular complexity index is 1510. The van der Waals surface area contributed by atoms with E-state index in [1.807, 2.05) is 12.1 Å². The highest BCUT2D eigenvalue weighted by atomic mass is 19.1. The lowest BCUT2D eigenvalue weighted by atomic mass is 9.83. The molecule has 2 aliphatic carbocycles. The van der Waals surface area contributed by atoms with Gasteiger partial charge in [0.05, 0.1) is 0 Å². The van der Waals surface area contributed by atoms with Gasteiger partial charge < -0.3 is 4.90 Å². The Morgan fingerprint density at radius 2 is 1.34 bits per heavy atom. The van der Waals surface area contributed by atoms with Crippen LogP contribution >= 0.6 is 0 Å². The van der Waals surface area contributed by atoms with Crippen LogP contribution < -0.4 is 10.4 Å². The van der Waals surface area contributed by atoms with E-state index in [4.69, 9.17) is 0 Å². The maximum Gasteiger partial charge on any atom is 0.123 e. The fourth-order valence-electron chi connectivity index (χ4n) is 5.34. The monoisotopic (exact) mass is 417 g/mol. The highest BCUT2D eigenvalue weighted by Gasteiger charge is 2.20. The summed E-state index contributed by atoms with van der Waals surface area (Å²) in [6.45, 7) is 0. The molecule has 1 heterocycles. The first-order valence-electron chi connectivity index (χ1n) is 11.3. The van der Waals surface area contributed by atoms with E-state index in [0.29, 0.717) is 0 Å². The average molecular weight is 418 g/mol. The van der Waals surface area contributed by atoms with Gasteiger partial charge in [0.15, 0.2) is 0 Å². The Labute approximate surface area is 187 Å². The molecule has 3 aromatic rings. The van der Waals surface area contributed by atoms with E-state index in [2.05, 4.69) is 78.0 Å². The fraction of sp³-hybridized carbons (Fsp3) is 0.133. The van der Waals surface area contributed by atoms with Crippen LogP contribution in [0, 0.1) is 16.3 Å². The van der Waals surface area contributed by atoms with E-state index in [-0.39, 0.29) is 5.82 Å². The topological polar surface area (TPSA) is 3.24 Å². The number of hydrogen-bond donors (Lipinski definition) is 0. The normalized spacial score (nSPS) is 16.5. The second kappa shape index (κ2) is 7.80. The van der Waals surface area contributed by atoms with Gasteiger partial charge in [0.25, 0.3) is 0 Å². The van der Waals surface area contributed by atoms with E-state index in [9.17, 15) is 4.39 Å². The minimum Gasteiger partial charge on any atom is -0.327 e. The van der Waals surface area contributed by atoms with Crippen molar-refractivity contribution in [3.63, 3.8) is 0 Å². The Hall–Kier alpha value is -3.65. The molecule has 0 saturated carbocycles. The SMILES string of the molecule is Fc1ccc(C2=c3ccccc3=c3ccc4c(c3C2)CCCC=4N2C=CC=CC=C2)cc1. The Kier molecular flexibility index (Phi) is 4.65. The molecule has 156 valence electrons. The molecule has 0 radical (unpaired) electrons. The van der Waals surface area contributed by atoms with E-state index in [0.717, 1.165) is 31.2 Å². The second-order valence-electron chi connectivity index (χ2n) is 8.60. The third kappa shape index (κ3) is 3.15.